The molecule has 2 aromatic rings. The maximum atomic E-state index is 10.6. The molecule has 19 heavy (non-hydrogen) atoms. The van der Waals surface area contributed by atoms with Gasteiger partial charge in [0.15, 0.2) is 0 Å². The van der Waals surface area contributed by atoms with Crippen LogP contribution in [-0.2, 0) is 0 Å². The lowest BCUT2D eigenvalue weighted by molar-refractivity contribution is 0.214. The molecule has 2 nitrogen and oxygen atoms in total. The van der Waals surface area contributed by atoms with Crippen LogP contribution in [0.25, 0.3) is 0 Å². The van der Waals surface area contributed by atoms with Crippen LogP contribution >= 0.6 is 11.6 Å². The number of rotatable bonds is 3. The minimum absolute atomic E-state index is 0.583. The first kappa shape index (κ1) is 13.9. The summed E-state index contributed by atoms with van der Waals surface area (Å²) >= 11 is 6.01. The van der Waals surface area contributed by atoms with Gasteiger partial charge in [-0.05, 0) is 43.2 Å². The Hall–Kier alpha value is -1.51. The van der Waals surface area contributed by atoms with E-state index in [9.17, 15) is 5.11 Å². The lowest BCUT2D eigenvalue weighted by atomic mass is 9.95. The van der Waals surface area contributed by atoms with Gasteiger partial charge < -0.3 is 9.84 Å². The summed E-state index contributed by atoms with van der Waals surface area (Å²) in [6, 6.07) is 11.3. The topological polar surface area (TPSA) is 29.5 Å². The fourth-order valence-corrected chi connectivity index (χ4v) is 2.32. The number of halogens is 1. The molecule has 0 amide bonds. The fraction of sp³-hybridized carbons (Fsp3) is 0.250. The van der Waals surface area contributed by atoms with Crippen LogP contribution < -0.4 is 4.74 Å². The molecule has 1 unspecified atom stereocenters. The van der Waals surface area contributed by atoms with E-state index in [1.54, 1.807) is 25.3 Å². The summed E-state index contributed by atoms with van der Waals surface area (Å²) in [5, 5.41) is 11.2. The normalized spacial score (nSPS) is 12.3. The lowest BCUT2D eigenvalue weighted by Crippen LogP contribution is -2.04. The predicted octanol–water partition coefficient (Wildman–Crippen LogP) is 4.05. The summed E-state index contributed by atoms with van der Waals surface area (Å²) < 4.78 is 5.29. The fourth-order valence-electron chi connectivity index (χ4n) is 2.14. The van der Waals surface area contributed by atoms with Crippen LogP contribution in [0.4, 0.5) is 0 Å². The molecule has 0 aromatic heterocycles. The zero-order valence-corrected chi connectivity index (χ0v) is 12.0. The number of methoxy groups -OCH3 is 1. The summed E-state index contributed by atoms with van der Waals surface area (Å²) in [5.41, 5.74) is 3.71. The standard InChI is InChI=1S/C16H17ClO2/c1-10-4-5-11(2)13(8-10)16(18)14-9-12(17)6-7-15(14)19-3/h4-9,16,18H,1-3H3. The van der Waals surface area contributed by atoms with Gasteiger partial charge in [0, 0.05) is 10.6 Å². The number of aryl methyl sites for hydroxylation is 2. The number of ether oxygens (including phenoxy) is 1. The van der Waals surface area contributed by atoms with Crippen LogP contribution in [0.1, 0.15) is 28.4 Å². The molecule has 0 fully saturated rings. The van der Waals surface area contributed by atoms with Gasteiger partial charge in [0.25, 0.3) is 0 Å². The second-order valence-corrected chi connectivity index (χ2v) is 5.09. The molecule has 0 bridgehead atoms. The third-order valence-electron chi connectivity index (χ3n) is 3.22. The van der Waals surface area contributed by atoms with Crippen molar-refractivity contribution >= 4 is 11.6 Å². The minimum atomic E-state index is -0.742. The van der Waals surface area contributed by atoms with Crippen LogP contribution in [0.2, 0.25) is 5.02 Å². The average molecular weight is 277 g/mol. The molecule has 100 valence electrons. The van der Waals surface area contributed by atoms with Crippen LogP contribution in [0, 0.1) is 13.8 Å². The number of aliphatic hydroxyl groups excluding tert-OH is 1. The molecule has 0 heterocycles. The smallest absolute Gasteiger partial charge is 0.125 e. The van der Waals surface area contributed by atoms with Crippen molar-refractivity contribution in [2.75, 3.05) is 7.11 Å². The molecule has 3 heteroatoms. The van der Waals surface area contributed by atoms with Crippen LogP contribution in [0.3, 0.4) is 0 Å². The van der Waals surface area contributed by atoms with Crippen molar-refractivity contribution in [3.63, 3.8) is 0 Å². The quantitative estimate of drug-likeness (QED) is 0.916. The van der Waals surface area contributed by atoms with Gasteiger partial charge in [-0.3, -0.25) is 0 Å². The summed E-state index contributed by atoms with van der Waals surface area (Å²) in [4.78, 5) is 0. The lowest BCUT2D eigenvalue weighted by Gasteiger charge is -2.18. The summed E-state index contributed by atoms with van der Waals surface area (Å²) in [7, 11) is 1.59. The highest BCUT2D eigenvalue weighted by Gasteiger charge is 2.17. The Bertz CT molecular complexity index is 593. The molecular weight excluding hydrogens is 260 g/mol. The van der Waals surface area contributed by atoms with E-state index >= 15 is 0 Å². The first-order chi connectivity index (χ1) is 9.02. The van der Waals surface area contributed by atoms with Gasteiger partial charge in [-0.1, -0.05) is 35.4 Å². The molecule has 0 spiro atoms. The van der Waals surface area contributed by atoms with Crippen LogP contribution in [-0.4, -0.2) is 12.2 Å². The minimum Gasteiger partial charge on any atom is -0.496 e. The molecule has 0 saturated carbocycles. The van der Waals surface area contributed by atoms with Gasteiger partial charge in [0.2, 0.25) is 0 Å². The molecule has 0 aliphatic rings. The Morgan fingerprint density at radius 1 is 1.05 bits per heavy atom. The van der Waals surface area contributed by atoms with Gasteiger partial charge in [-0.15, -0.1) is 0 Å². The Kier molecular flexibility index (Phi) is 4.13. The van der Waals surface area contributed by atoms with E-state index in [2.05, 4.69) is 0 Å². The van der Waals surface area contributed by atoms with Crippen LogP contribution in [0.15, 0.2) is 36.4 Å². The molecule has 2 aromatic carbocycles. The van der Waals surface area contributed by atoms with Crippen LogP contribution in [0.5, 0.6) is 5.75 Å². The Morgan fingerprint density at radius 2 is 1.79 bits per heavy atom. The molecule has 0 aliphatic carbocycles. The van der Waals surface area contributed by atoms with E-state index in [1.807, 2.05) is 32.0 Å². The molecule has 0 saturated heterocycles. The maximum Gasteiger partial charge on any atom is 0.125 e. The SMILES string of the molecule is COc1ccc(Cl)cc1C(O)c1cc(C)ccc1C. The largest absolute Gasteiger partial charge is 0.496 e. The Morgan fingerprint density at radius 3 is 2.47 bits per heavy atom. The van der Waals surface area contributed by atoms with Gasteiger partial charge in [-0.25, -0.2) is 0 Å². The third kappa shape index (κ3) is 2.91. The highest BCUT2D eigenvalue weighted by atomic mass is 35.5. The number of hydrogen-bond donors (Lipinski definition) is 1. The highest BCUT2D eigenvalue weighted by molar-refractivity contribution is 6.30. The summed E-state index contributed by atoms with van der Waals surface area (Å²) in [5.74, 6) is 0.637. The van der Waals surface area contributed by atoms with Crippen molar-refractivity contribution in [1.82, 2.24) is 0 Å². The van der Waals surface area contributed by atoms with Gasteiger partial charge in [0.05, 0.1) is 7.11 Å². The van der Waals surface area contributed by atoms with E-state index in [0.717, 1.165) is 16.7 Å². The van der Waals surface area contributed by atoms with E-state index in [-0.39, 0.29) is 0 Å². The Labute approximate surface area is 118 Å². The van der Waals surface area contributed by atoms with Gasteiger partial charge in [0.1, 0.15) is 11.9 Å². The third-order valence-corrected chi connectivity index (χ3v) is 3.45. The first-order valence-corrected chi connectivity index (χ1v) is 6.49. The highest BCUT2D eigenvalue weighted by Crippen LogP contribution is 2.33. The number of benzene rings is 2. The second-order valence-electron chi connectivity index (χ2n) is 4.65. The predicted molar refractivity (Wildman–Crippen MR) is 78.0 cm³/mol. The first-order valence-electron chi connectivity index (χ1n) is 6.11. The molecule has 1 atom stereocenters. The van der Waals surface area contributed by atoms with E-state index in [1.165, 1.54) is 0 Å². The van der Waals surface area contributed by atoms with Crippen molar-refractivity contribution in [3.05, 3.63) is 63.7 Å². The summed E-state index contributed by atoms with van der Waals surface area (Å²) in [6.07, 6.45) is -0.742. The maximum absolute atomic E-state index is 10.6. The molecule has 0 aliphatic heterocycles. The monoisotopic (exact) mass is 276 g/mol. The van der Waals surface area contributed by atoms with Crippen molar-refractivity contribution < 1.29 is 9.84 Å². The second kappa shape index (κ2) is 5.64. The zero-order chi connectivity index (χ0) is 14.0. The summed E-state index contributed by atoms with van der Waals surface area (Å²) in [6.45, 7) is 3.99. The van der Waals surface area contributed by atoms with E-state index in [4.69, 9.17) is 16.3 Å². The zero-order valence-electron chi connectivity index (χ0n) is 11.3. The van der Waals surface area contributed by atoms with Crippen molar-refractivity contribution in [1.29, 1.82) is 0 Å². The molecule has 2 rings (SSSR count). The van der Waals surface area contributed by atoms with Crippen molar-refractivity contribution in [2.45, 2.75) is 20.0 Å². The molecular formula is C16H17ClO2. The Balaban J connectivity index is 2.51. The van der Waals surface area contributed by atoms with Gasteiger partial charge >= 0.3 is 0 Å². The number of aliphatic hydroxyl groups is 1. The van der Waals surface area contributed by atoms with E-state index < -0.39 is 6.10 Å². The van der Waals surface area contributed by atoms with Crippen molar-refractivity contribution in [3.8, 4) is 5.75 Å². The van der Waals surface area contributed by atoms with Gasteiger partial charge in [-0.2, -0.15) is 0 Å². The number of hydrogen-bond acceptors (Lipinski definition) is 2. The molecule has 0 radical (unpaired) electrons. The van der Waals surface area contributed by atoms with Crippen molar-refractivity contribution in [2.24, 2.45) is 0 Å². The molecule has 1 N–H and O–H groups in total. The average Bonchev–Trinajstić information content (AvgIpc) is 2.40. The van der Waals surface area contributed by atoms with E-state index in [0.29, 0.717) is 16.3 Å².